The van der Waals surface area contributed by atoms with Crippen molar-refractivity contribution in [1.82, 2.24) is 15.1 Å². The van der Waals surface area contributed by atoms with Crippen LogP contribution in [0.2, 0.25) is 0 Å². The van der Waals surface area contributed by atoms with Gasteiger partial charge in [0.25, 0.3) is 0 Å². The van der Waals surface area contributed by atoms with Gasteiger partial charge in [0.15, 0.2) is 5.96 Å². The van der Waals surface area contributed by atoms with Crippen LogP contribution in [0.1, 0.15) is 39.5 Å². The van der Waals surface area contributed by atoms with E-state index in [1.807, 2.05) is 7.05 Å². The van der Waals surface area contributed by atoms with Crippen LogP contribution in [0.5, 0.6) is 0 Å². The topological polar surface area (TPSA) is 30.9 Å². The summed E-state index contributed by atoms with van der Waals surface area (Å²) in [5, 5.41) is 3.51. The molecule has 1 rings (SSSR count). The Balaban J connectivity index is 2.36. The molecule has 1 heterocycles. The molecule has 1 unspecified atom stereocenters. The van der Waals surface area contributed by atoms with E-state index in [-0.39, 0.29) is 0 Å². The van der Waals surface area contributed by atoms with Crippen LogP contribution in [-0.2, 0) is 0 Å². The van der Waals surface area contributed by atoms with Gasteiger partial charge < -0.3 is 15.1 Å². The largest absolute Gasteiger partial charge is 0.356 e. The van der Waals surface area contributed by atoms with Gasteiger partial charge in [-0.2, -0.15) is 0 Å². The Morgan fingerprint density at radius 2 is 2.05 bits per heavy atom. The smallest absolute Gasteiger partial charge is 0.193 e. The van der Waals surface area contributed by atoms with E-state index in [1.165, 1.54) is 25.8 Å². The molecule has 1 aliphatic rings. The number of hydrogen-bond acceptors (Lipinski definition) is 2. The summed E-state index contributed by atoms with van der Waals surface area (Å²) in [4.78, 5) is 9.12. The molecule has 4 heteroatoms. The van der Waals surface area contributed by atoms with Crippen molar-refractivity contribution in [3.63, 3.8) is 0 Å². The third-order valence-corrected chi connectivity index (χ3v) is 4.52. The summed E-state index contributed by atoms with van der Waals surface area (Å²) < 4.78 is 0. The molecule has 1 N–H and O–H groups in total. The fourth-order valence-electron chi connectivity index (χ4n) is 3.25. The van der Waals surface area contributed by atoms with E-state index in [1.54, 1.807) is 0 Å². The molecule has 0 radical (unpaired) electrons. The standard InChI is InChI=1S/C16H34N4/c1-6-14(7-2)15-9-12-20(13-15)16(17-3)18-10-8-11-19(4)5/h14-15H,6-13H2,1-5H3,(H,17,18). The highest BCUT2D eigenvalue weighted by atomic mass is 15.3. The van der Waals surface area contributed by atoms with Crippen LogP contribution in [0.3, 0.4) is 0 Å². The molecule has 0 amide bonds. The molecule has 1 saturated heterocycles. The van der Waals surface area contributed by atoms with E-state index in [2.05, 4.69) is 48.1 Å². The minimum Gasteiger partial charge on any atom is -0.356 e. The average molecular weight is 282 g/mol. The highest BCUT2D eigenvalue weighted by Gasteiger charge is 2.29. The SMILES string of the molecule is CCC(CC)C1CCN(C(=NC)NCCCN(C)C)C1. The van der Waals surface area contributed by atoms with Gasteiger partial charge >= 0.3 is 0 Å². The second-order valence-electron chi connectivity index (χ2n) is 6.20. The van der Waals surface area contributed by atoms with Crippen molar-refractivity contribution in [3.8, 4) is 0 Å². The van der Waals surface area contributed by atoms with Crippen LogP contribution in [0.25, 0.3) is 0 Å². The third kappa shape index (κ3) is 5.31. The first kappa shape index (κ1) is 17.3. The summed E-state index contributed by atoms with van der Waals surface area (Å²) in [6.07, 6.45) is 5.11. The molecule has 0 saturated carbocycles. The third-order valence-electron chi connectivity index (χ3n) is 4.52. The second kappa shape index (κ2) is 9.22. The molecule has 20 heavy (non-hydrogen) atoms. The summed E-state index contributed by atoms with van der Waals surface area (Å²) in [6.45, 7) is 9.13. The van der Waals surface area contributed by atoms with E-state index in [9.17, 15) is 0 Å². The Hall–Kier alpha value is -0.770. The van der Waals surface area contributed by atoms with Crippen LogP contribution < -0.4 is 5.32 Å². The summed E-state index contributed by atoms with van der Waals surface area (Å²) >= 11 is 0. The molecule has 1 fully saturated rings. The average Bonchev–Trinajstić information content (AvgIpc) is 2.89. The Kier molecular flexibility index (Phi) is 7.97. The zero-order valence-corrected chi connectivity index (χ0v) is 14.2. The van der Waals surface area contributed by atoms with Gasteiger partial charge in [-0.05, 0) is 45.3 Å². The van der Waals surface area contributed by atoms with E-state index in [4.69, 9.17) is 0 Å². The first-order valence-corrected chi connectivity index (χ1v) is 8.22. The lowest BCUT2D eigenvalue weighted by Gasteiger charge is -2.24. The quantitative estimate of drug-likeness (QED) is 0.441. The fraction of sp³-hybridized carbons (Fsp3) is 0.938. The van der Waals surface area contributed by atoms with Crippen LogP contribution in [-0.4, -0.2) is 63.1 Å². The minimum atomic E-state index is 0.852. The molecule has 0 aromatic rings. The van der Waals surface area contributed by atoms with Crippen molar-refractivity contribution in [2.45, 2.75) is 39.5 Å². The molecule has 0 aromatic carbocycles. The lowest BCUT2D eigenvalue weighted by Crippen LogP contribution is -2.41. The van der Waals surface area contributed by atoms with Crippen molar-refractivity contribution in [1.29, 1.82) is 0 Å². The number of rotatable bonds is 7. The molecule has 0 aromatic heterocycles. The predicted molar refractivity (Wildman–Crippen MR) is 88.3 cm³/mol. The van der Waals surface area contributed by atoms with Gasteiger partial charge in [0, 0.05) is 26.7 Å². The van der Waals surface area contributed by atoms with Crippen LogP contribution in [0, 0.1) is 11.8 Å². The van der Waals surface area contributed by atoms with Crippen molar-refractivity contribution in [2.75, 3.05) is 47.3 Å². The van der Waals surface area contributed by atoms with E-state index < -0.39 is 0 Å². The predicted octanol–water partition coefficient (Wildman–Crippen LogP) is 2.27. The first-order chi connectivity index (χ1) is 9.62. The van der Waals surface area contributed by atoms with Gasteiger partial charge in [-0.3, -0.25) is 4.99 Å². The van der Waals surface area contributed by atoms with E-state index in [0.29, 0.717) is 0 Å². The molecular formula is C16H34N4. The molecule has 1 aliphatic heterocycles. The highest BCUT2D eigenvalue weighted by Crippen LogP contribution is 2.28. The summed E-state index contributed by atoms with van der Waals surface area (Å²) in [7, 11) is 6.14. The zero-order valence-electron chi connectivity index (χ0n) is 14.2. The number of likely N-dealkylation sites (tertiary alicyclic amines) is 1. The Morgan fingerprint density at radius 1 is 1.35 bits per heavy atom. The number of nitrogens with one attached hydrogen (secondary N) is 1. The van der Waals surface area contributed by atoms with Crippen molar-refractivity contribution in [3.05, 3.63) is 0 Å². The molecule has 0 bridgehead atoms. The molecule has 0 aliphatic carbocycles. The zero-order chi connectivity index (χ0) is 15.0. The number of nitrogens with zero attached hydrogens (tertiary/aromatic N) is 3. The number of hydrogen-bond donors (Lipinski definition) is 1. The fourth-order valence-corrected chi connectivity index (χ4v) is 3.25. The Bertz CT molecular complexity index is 284. The van der Waals surface area contributed by atoms with Gasteiger partial charge in [0.1, 0.15) is 0 Å². The van der Waals surface area contributed by atoms with Crippen LogP contribution in [0.15, 0.2) is 4.99 Å². The number of guanidine groups is 1. The second-order valence-corrected chi connectivity index (χ2v) is 6.20. The van der Waals surface area contributed by atoms with Gasteiger partial charge in [-0.25, -0.2) is 0 Å². The molecule has 0 spiro atoms. The Labute approximate surface area is 125 Å². The minimum absolute atomic E-state index is 0.852. The van der Waals surface area contributed by atoms with Crippen LogP contribution in [0.4, 0.5) is 0 Å². The highest BCUT2D eigenvalue weighted by molar-refractivity contribution is 5.80. The molecular weight excluding hydrogens is 248 g/mol. The monoisotopic (exact) mass is 282 g/mol. The molecule has 118 valence electrons. The summed E-state index contributed by atoms with van der Waals surface area (Å²) in [6, 6.07) is 0. The first-order valence-electron chi connectivity index (χ1n) is 8.22. The summed E-state index contributed by atoms with van der Waals surface area (Å²) in [5.74, 6) is 2.83. The normalized spacial score (nSPS) is 20.2. The summed E-state index contributed by atoms with van der Waals surface area (Å²) in [5.41, 5.74) is 0. The molecule has 1 atom stereocenters. The van der Waals surface area contributed by atoms with E-state index >= 15 is 0 Å². The maximum Gasteiger partial charge on any atom is 0.193 e. The Morgan fingerprint density at radius 3 is 2.60 bits per heavy atom. The van der Waals surface area contributed by atoms with Gasteiger partial charge in [0.05, 0.1) is 0 Å². The number of aliphatic imine (C=N–C) groups is 1. The van der Waals surface area contributed by atoms with Crippen LogP contribution >= 0.6 is 0 Å². The maximum atomic E-state index is 4.45. The lowest BCUT2D eigenvalue weighted by atomic mass is 9.87. The molecule has 4 nitrogen and oxygen atoms in total. The lowest BCUT2D eigenvalue weighted by molar-refractivity contribution is 0.318. The van der Waals surface area contributed by atoms with Crippen molar-refractivity contribution in [2.24, 2.45) is 16.8 Å². The van der Waals surface area contributed by atoms with E-state index in [0.717, 1.165) is 43.9 Å². The van der Waals surface area contributed by atoms with Gasteiger partial charge in [-0.1, -0.05) is 26.7 Å². The van der Waals surface area contributed by atoms with Crippen molar-refractivity contribution < 1.29 is 0 Å². The van der Waals surface area contributed by atoms with Gasteiger partial charge in [0.2, 0.25) is 0 Å². The maximum absolute atomic E-state index is 4.45. The van der Waals surface area contributed by atoms with Crippen molar-refractivity contribution >= 4 is 5.96 Å². The van der Waals surface area contributed by atoms with Gasteiger partial charge in [-0.15, -0.1) is 0 Å².